The van der Waals surface area contributed by atoms with Crippen LogP contribution in [0.15, 0.2) is 41.0 Å². The molecule has 0 saturated carbocycles. The molecular weight excluding hydrogens is 274 g/mol. The van der Waals surface area contributed by atoms with Gasteiger partial charge in [0.25, 0.3) is 5.91 Å². The molecule has 21 heavy (non-hydrogen) atoms. The lowest BCUT2D eigenvalue weighted by Gasteiger charge is -2.10. The summed E-state index contributed by atoms with van der Waals surface area (Å²) in [5.74, 6) is -0.317. The molecule has 0 radical (unpaired) electrons. The SMILES string of the molecule is Cc1c(OCC(=O)NCc2ccco2)cccc1C(=O)O. The Kier molecular flexibility index (Phi) is 4.61. The fraction of sp³-hybridized carbons (Fsp3) is 0.200. The van der Waals surface area contributed by atoms with Crippen LogP contribution in [0.5, 0.6) is 5.75 Å². The molecule has 0 saturated heterocycles. The van der Waals surface area contributed by atoms with E-state index < -0.39 is 5.97 Å². The molecule has 1 amide bonds. The van der Waals surface area contributed by atoms with Gasteiger partial charge in [0.2, 0.25) is 0 Å². The maximum Gasteiger partial charge on any atom is 0.336 e. The quantitative estimate of drug-likeness (QED) is 0.848. The first kappa shape index (κ1) is 14.6. The number of furan rings is 1. The highest BCUT2D eigenvalue weighted by atomic mass is 16.5. The van der Waals surface area contributed by atoms with E-state index in [1.54, 1.807) is 31.2 Å². The number of amides is 1. The molecule has 1 aromatic heterocycles. The Balaban J connectivity index is 1.89. The van der Waals surface area contributed by atoms with Crippen LogP contribution in [0.2, 0.25) is 0 Å². The molecule has 0 aliphatic heterocycles. The number of carboxylic acids is 1. The van der Waals surface area contributed by atoms with Crippen LogP contribution in [0.4, 0.5) is 0 Å². The molecule has 0 spiro atoms. The number of rotatable bonds is 6. The summed E-state index contributed by atoms with van der Waals surface area (Å²) in [6, 6.07) is 8.18. The molecular formula is C15H15NO5. The number of benzene rings is 1. The number of nitrogens with one attached hydrogen (secondary N) is 1. The van der Waals surface area contributed by atoms with Crippen molar-refractivity contribution >= 4 is 11.9 Å². The average Bonchev–Trinajstić information content (AvgIpc) is 2.97. The van der Waals surface area contributed by atoms with E-state index in [1.807, 2.05) is 0 Å². The molecule has 1 heterocycles. The zero-order valence-electron chi connectivity index (χ0n) is 11.5. The predicted molar refractivity (Wildman–Crippen MR) is 74.2 cm³/mol. The molecule has 6 heteroatoms. The minimum Gasteiger partial charge on any atom is -0.483 e. The highest BCUT2D eigenvalue weighted by Crippen LogP contribution is 2.21. The molecule has 0 unspecified atom stereocenters. The Labute approximate surface area is 121 Å². The van der Waals surface area contributed by atoms with E-state index in [0.717, 1.165) is 0 Å². The Morgan fingerprint density at radius 1 is 1.29 bits per heavy atom. The number of aromatic carboxylic acids is 1. The molecule has 110 valence electrons. The second-order valence-corrected chi connectivity index (χ2v) is 4.38. The normalized spacial score (nSPS) is 10.1. The molecule has 0 bridgehead atoms. The van der Waals surface area contributed by atoms with Crippen molar-refractivity contribution in [1.82, 2.24) is 5.32 Å². The van der Waals surface area contributed by atoms with Crippen LogP contribution < -0.4 is 10.1 Å². The summed E-state index contributed by atoms with van der Waals surface area (Å²) in [4.78, 5) is 22.6. The molecule has 0 aliphatic rings. The van der Waals surface area contributed by atoms with Gasteiger partial charge in [-0.15, -0.1) is 0 Å². The molecule has 6 nitrogen and oxygen atoms in total. The van der Waals surface area contributed by atoms with Crippen LogP contribution in [-0.4, -0.2) is 23.6 Å². The van der Waals surface area contributed by atoms with Crippen molar-refractivity contribution in [3.63, 3.8) is 0 Å². The fourth-order valence-corrected chi connectivity index (χ4v) is 1.80. The van der Waals surface area contributed by atoms with Crippen LogP contribution in [-0.2, 0) is 11.3 Å². The van der Waals surface area contributed by atoms with Crippen LogP contribution in [0.25, 0.3) is 0 Å². The van der Waals surface area contributed by atoms with Crippen molar-refractivity contribution in [2.75, 3.05) is 6.61 Å². The van der Waals surface area contributed by atoms with Gasteiger partial charge in [0.15, 0.2) is 6.61 Å². The Hall–Kier alpha value is -2.76. The number of hydrogen-bond donors (Lipinski definition) is 2. The van der Waals surface area contributed by atoms with Gasteiger partial charge in [0, 0.05) is 5.56 Å². The van der Waals surface area contributed by atoms with E-state index >= 15 is 0 Å². The topological polar surface area (TPSA) is 88.8 Å². The summed E-state index contributed by atoms with van der Waals surface area (Å²) in [5.41, 5.74) is 0.646. The number of carbonyl (C=O) groups excluding carboxylic acids is 1. The molecule has 1 aromatic carbocycles. The van der Waals surface area contributed by atoms with Crippen LogP contribution in [0.1, 0.15) is 21.7 Å². The first-order chi connectivity index (χ1) is 10.1. The summed E-state index contributed by atoms with van der Waals surface area (Å²) in [7, 11) is 0. The molecule has 0 atom stereocenters. The van der Waals surface area contributed by atoms with E-state index in [-0.39, 0.29) is 24.6 Å². The van der Waals surface area contributed by atoms with Crippen molar-refractivity contribution in [3.05, 3.63) is 53.5 Å². The summed E-state index contributed by atoms with van der Waals surface area (Å²) in [6.45, 7) is 1.73. The Morgan fingerprint density at radius 2 is 2.10 bits per heavy atom. The molecule has 0 aliphatic carbocycles. The number of carboxylic acid groups (broad SMARTS) is 1. The Morgan fingerprint density at radius 3 is 2.76 bits per heavy atom. The summed E-state index contributed by atoms with van der Waals surface area (Å²) in [6.07, 6.45) is 1.53. The largest absolute Gasteiger partial charge is 0.483 e. The lowest BCUT2D eigenvalue weighted by atomic mass is 10.1. The van der Waals surface area contributed by atoms with Crippen molar-refractivity contribution in [2.24, 2.45) is 0 Å². The van der Waals surface area contributed by atoms with Gasteiger partial charge in [0.1, 0.15) is 11.5 Å². The second-order valence-electron chi connectivity index (χ2n) is 4.38. The van der Waals surface area contributed by atoms with Gasteiger partial charge in [-0.25, -0.2) is 4.79 Å². The summed E-state index contributed by atoms with van der Waals surface area (Å²) < 4.78 is 10.4. The second kappa shape index (κ2) is 6.60. The molecule has 2 N–H and O–H groups in total. The summed E-state index contributed by atoms with van der Waals surface area (Å²) >= 11 is 0. The van der Waals surface area contributed by atoms with Crippen LogP contribution in [0, 0.1) is 6.92 Å². The highest BCUT2D eigenvalue weighted by molar-refractivity contribution is 5.90. The zero-order valence-corrected chi connectivity index (χ0v) is 11.5. The Bertz CT molecular complexity index is 634. The molecule has 2 aromatic rings. The van der Waals surface area contributed by atoms with Gasteiger partial charge < -0.3 is 19.6 Å². The predicted octanol–water partition coefficient (Wildman–Crippen LogP) is 1.98. The monoisotopic (exact) mass is 289 g/mol. The van der Waals surface area contributed by atoms with E-state index in [4.69, 9.17) is 14.3 Å². The van der Waals surface area contributed by atoms with Crippen molar-refractivity contribution in [1.29, 1.82) is 0 Å². The fourth-order valence-electron chi connectivity index (χ4n) is 1.80. The van der Waals surface area contributed by atoms with Gasteiger partial charge >= 0.3 is 5.97 Å². The third-order valence-corrected chi connectivity index (χ3v) is 2.91. The van der Waals surface area contributed by atoms with Crippen molar-refractivity contribution in [2.45, 2.75) is 13.5 Å². The third-order valence-electron chi connectivity index (χ3n) is 2.91. The van der Waals surface area contributed by atoms with Gasteiger partial charge in [-0.3, -0.25) is 4.79 Å². The van der Waals surface area contributed by atoms with Crippen LogP contribution in [0.3, 0.4) is 0 Å². The maximum absolute atomic E-state index is 11.6. The third kappa shape index (κ3) is 3.85. The first-order valence-corrected chi connectivity index (χ1v) is 6.32. The number of carbonyl (C=O) groups is 2. The van der Waals surface area contributed by atoms with Crippen molar-refractivity contribution in [3.8, 4) is 5.75 Å². The maximum atomic E-state index is 11.6. The molecule has 0 fully saturated rings. The van der Waals surface area contributed by atoms with E-state index in [1.165, 1.54) is 12.3 Å². The van der Waals surface area contributed by atoms with E-state index in [2.05, 4.69) is 5.32 Å². The average molecular weight is 289 g/mol. The highest BCUT2D eigenvalue weighted by Gasteiger charge is 2.12. The lowest BCUT2D eigenvalue weighted by molar-refractivity contribution is -0.123. The number of ether oxygens (including phenoxy) is 1. The van der Waals surface area contributed by atoms with E-state index in [9.17, 15) is 9.59 Å². The summed E-state index contributed by atoms with van der Waals surface area (Å²) in [5, 5.41) is 11.7. The lowest BCUT2D eigenvalue weighted by Crippen LogP contribution is -2.28. The van der Waals surface area contributed by atoms with Crippen LogP contribution >= 0.6 is 0 Å². The smallest absolute Gasteiger partial charge is 0.336 e. The number of hydrogen-bond acceptors (Lipinski definition) is 4. The zero-order chi connectivity index (χ0) is 15.2. The standard InChI is InChI=1S/C15H15NO5/c1-10-12(15(18)19)5-2-6-13(10)21-9-14(17)16-8-11-4-3-7-20-11/h2-7H,8-9H2,1H3,(H,16,17)(H,18,19). The minimum atomic E-state index is -1.03. The minimum absolute atomic E-state index is 0.156. The van der Waals surface area contributed by atoms with Gasteiger partial charge in [-0.05, 0) is 31.2 Å². The van der Waals surface area contributed by atoms with Gasteiger partial charge in [-0.2, -0.15) is 0 Å². The molecule has 2 rings (SSSR count). The first-order valence-electron chi connectivity index (χ1n) is 6.32. The van der Waals surface area contributed by atoms with Gasteiger partial charge in [0.05, 0.1) is 18.4 Å². The van der Waals surface area contributed by atoms with E-state index in [0.29, 0.717) is 17.1 Å². The van der Waals surface area contributed by atoms with Gasteiger partial charge in [-0.1, -0.05) is 6.07 Å². The van der Waals surface area contributed by atoms with Crippen molar-refractivity contribution < 1.29 is 23.8 Å².